The van der Waals surface area contributed by atoms with Gasteiger partial charge in [0.05, 0.1) is 19.3 Å². The molecule has 6 nitrogen and oxygen atoms in total. The van der Waals surface area contributed by atoms with Crippen molar-refractivity contribution >= 4 is 0 Å². The van der Waals surface area contributed by atoms with E-state index in [9.17, 15) is 0 Å². The molecule has 1 N–H and O–H groups in total. The number of ether oxygens (including phenoxy) is 2. The van der Waals surface area contributed by atoms with Crippen LogP contribution in [-0.4, -0.2) is 35.3 Å². The summed E-state index contributed by atoms with van der Waals surface area (Å²) >= 11 is 0. The Morgan fingerprint density at radius 1 is 1.29 bits per heavy atom. The molecule has 0 aliphatic rings. The molecular formula is C15H22N4O2. The molecule has 0 amide bonds. The number of aromatic nitrogens is 3. The molecule has 2 rings (SSSR count). The summed E-state index contributed by atoms with van der Waals surface area (Å²) < 4.78 is 12.6. The van der Waals surface area contributed by atoms with Crippen LogP contribution in [0.2, 0.25) is 0 Å². The summed E-state index contributed by atoms with van der Waals surface area (Å²) in [6.45, 7) is 5.09. The number of hydrogen-bond donors (Lipinski definition) is 1. The molecule has 2 aromatic rings. The quantitative estimate of drug-likeness (QED) is 0.714. The predicted molar refractivity (Wildman–Crippen MR) is 80.5 cm³/mol. The van der Waals surface area contributed by atoms with Crippen molar-refractivity contribution in [3.8, 4) is 11.5 Å². The monoisotopic (exact) mass is 290 g/mol. The van der Waals surface area contributed by atoms with Crippen LogP contribution in [0, 0.1) is 0 Å². The van der Waals surface area contributed by atoms with E-state index < -0.39 is 0 Å². The molecule has 0 bridgehead atoms. The van der Waals surface area contributed by atoms with E-state index in [0.29, 0.717) is 13.2 Å². The van der Waals surface area contributed by atoms with Gasteiger partial charge in [0.15, 0.2) is 0 Å². The standard InChI is InChI=1S/C15H22N4O2/c1-3-7-16-11-13-12-19(18-17-13)8-9-21-15-6-4-5-14(10-15)20-2/h4-6,10,12,16H,3,7-9,11H2,1-2H3. The Morgan fingerprint density at radius 2 is 2.14 bits per heavy atom. The number of methoxy groups -OCH3 is 1. The van der Waals surface area contributed by atoms with Crippen LogP contribution in [0.3, 0.4) is 0 Å². The largest absolute Gasteiger partial charge is 0.497 e. The molecular weight excluding hydrogens is 268 g/mol. The van der Waals surface area contributed by atoms with E-state index in [0.717, 1.165) is 36.7 Å². The van der Waals surface area contributed by atoms with Crippen LogP contribution in [0.15, 0.2) is 30.5 Å². The molecule has 0 aliphatic carbocycles. The van der Waals surface area contributed by atoms with Crippen molar-refractivity contribution in [2.75, 3.05) is 20.3 Å². The lowest BCUT2D eigenvalue weighted by Crippen LogP contribution is -2.14. The van der Waals surface area contributed by atoms with Gasteiger partial charge in [0.25, 0.3) is 0 Å². The highest BCUT2D eigenvalue weighted by Gasteiger charge is 2.01. The first-order chi connectivity index (χ1) is 10.3. The maximum absolute atomic E-state index is 5.68. The Balaban J connectivity index is 1.75. The van der Waals surface area contributed by atoms with Gasteiger partial charge in [0.1, 0.15) is 18.1 Å². The molecule has 0 atom stereocenters. The molecule has 21 heavy (non-hydrogen) atoms. The molecule has 6 heteroatoms. The zero-order valence-corrected chi connectivity index (χ0v) is 12.6. The Kier molecular flexibility index (Phi) is 6.02. The second kappa shape index (κ2) is 8.26. The first-order valence-corrected chi connectivity index (χ1v) is 7.18. The molecule has 1 aromatic carbocycles. The van der Waals surface area contributed by atoms with Crippen molar-refractivity contribution in [3.05, 3.63) is 36.2 Å². The van der Waals surface area contributed by atoms with Crippen LogP contribution in [0.5, 0.6) is 11.5 Å². The van der Waals surface area contributed by atoms with Crippen LogP contribution >= 0.6 is 0 Å². The van der Waals surface area contributed by atoms with Gasteiger partial charge in [-0.2, -0.15) is 0 Å². The highest BCUT2D eigenvalue weighted by molar-refractivity contribution is 5.32. The number of hydrogen-bond acceptors (Lipinski definition) is 5. The van der Waals surface area contributed by atoms with Gasteiger partial charge in [-0.05, 0) is 25.1 Å². The summed E-state index contributed by atoms with van der Waals surface area (Å²) in [5.41, 5.74) is 0.949. The van der Waals surface area contributed by atoms with Crippen LogP contribution in [-0.2, 0) is 13.1 Å². The summed E-state index contributed by atoms with van der Waals surface area (Å²) in [7, 11) is 1.64. The highest BCUT2D eigenvalue weighted by atomic mass is 16.5. The van der Waals surface area contributed by atoms with Crippen molar-refractivity contribution in [2.24, 2.45) is 0 Å². The van der Waals surface area contributed by atoms with Crippen molar-refractivity contribution in [1.82, 2.24) is 20.3 Å². The molecule has 0 radical (unpaired) electrons. The molecule has 0 aliphatic heterocycles. The predicted octanol–water partition coefficient (Wildman–Crippen LogP) is 1.87. The van der Waals surface area contributed by atoms with Gasteiger partial charge >= 0.3 is 0 Å². The third-order valence-electron chi connectivity index (χ3n) is 2.95. The summed E-state index contributed by atoms with van der Waals surface area (Å²) in [5, 5.41) is 11.5. The van der Waals surface area contributed by atoms with Crippen molar-refractivity contribution in [1.29, 1.82) is 0 Å². The number of rotatable bonds is 9. The van der Waals surface area contributed by atoms with E-state index in [1.54, 1.807) is 11.8 Å². The molecule has 0 saturated carbocycles. The summed E-state index contributed by atoms with van der Waals surface area (Å²) in [5.74, 6) is 1.58. The van der Waals surface area contributed by atoms with E-state index in [1.807, 2.05) is 30.5 Å². The van der Waals surface area contributed by atoms with Crippen LogP contribution < -0.4 is 14.8 Å². The Labute approximate surface area is 125 Å². The Hall–Kier alpha value is -2.08. The number of benzene rings is 1. The highest BCUT2D eigenvalue weighted by Crippen LogP contribution is 2.18. The first-order valence-electron chi connectivity index (χ1n) is 7.18. The van der Waals surface area contributed by atoms with Gasteiger partial charge in [-0.3, -0.25) is 0 Å². The Bertz CT molecular complexity index is 542. The zero-order chi connectivity index (χ0) is 14.9. The average molecular weight is 290 g/mol. The topological polar surface area (TPSA) is 61.2 Å². The lowest BCUT2D eigenvalue weighted by Gasteiger charge is -2.07. The van der Waals surface area contributed by atoms with Crippen LogP contribution in [0.25, 0.3) is 0 Å². The minimum absolute atomic E-state index is 0.540. The van der Waals surface area contributed by atoms with Gasteiger partial charge in [-0.15, -0.1) is 5.10 Å². The van der Waals surface area contributed by atoms with E-state index in [-0.39, 0.29) is 0 Å². The molecule has 0 fully saturated rings. The summed E-state index contributed by atoms with van der Waals surface area (Å²) in [6.07, 6.45) is 3.06. The van der Waals surface area contributed by atoms with Crippen LogP contribution in [0.1, 0.15) is 19.0 Å². The molecule has 0 spiro atoms. The first kappa shape index (κ1) is 15.3. The summed E-state index contributed by atoms with van der Waals surface area (Å²) in [4.78, 5) is 0. The zero-order valence-electron chi connectivity index (χ0n) is 12.6. The SMILES string of the molecule is CCCNCc1cn(CCOc2cccc(OC)c2)nn1. The second-order valence-electron chi connectivity index (χ2n) is 4.68. The maximum atomic E-state index is 5.68. The smallest absolute Gasteiger partial charge is 0.123 e. The van der Waals surface area contributed by atoms with Gasteiger partial charge in [-0.25, -0.2) is 4.68 Å². The van der Waals surface area contributed by atoms with E-state index in [2.05, 4.69) is 22.6 Å². The van der Waals surface area contributed by atoms with Crippen molar-refractivity contribution in [3.63, 3.8) is 0 Å². The maximum Gasteiger partial charge on any atom is 0.123 e. The fourth-order valence-corrected chi connectivity index (χ4v) is 1.87. The normalized spacial score (nSPS) is 10.6. The molecule has 114 valence electrons. The average Bonchev–Trinajstić information content (AvgIpc) is 2.96. The minimum atomic E-state index is 0.540. The third kappa shape index (κ3) is 5.07. The van der Waals surface area contributed by atoms with Crippen molar-refractivity contribution in [2.45, 2.75) is 26.4 Å². The van der Waals surface area contributed by atoms with E-state index in [1.165, 1.54) is 0 Å². The molecule has 0 unspecified atom stereocenters. The van der Waals surface area contributed by atoms with Gasteiger partial charge in [0, 0.05) is 18.8 Å². The van der Waals surface area contributed by atoms with Crippen molar-refractivity contribution < 1.29 is 9.47 Å². The molecule has 0 saturated heterocycles. The minimum Gasteiger partial charge on any atom is -0.497 e. The fraction of sp³-hybridized carbons (Fsp3) is 0.467. The lowest BCUT2D eigenvalue weighted by atomic mass is 10.3. The van der Waals surface area contributed by atoms with Crippen LogP contribution in [0.4, 0.5) is 0 Å². The third-order valence-corrected chi connectivity index (χ3v) is 2.95. The second-order valence-corrected chi connectivity index (χ2v) is 4.68. The van der Waals surface area contributed by atoms with Gasteiger partial charge in [0.2, 0.25) is 0 Å². The number of nitrogens with one attached hydrogen (secondary N) is 1. The van der Waals surface area contributed by atoms with Gasteiger partial charge in [-0.1, -0.05) is 18.2 Å². The van der Waals surface area contributed by atoms with E-state index >= 15 is 0 Å². The Morgan fingerprint density at radius 3 is 2.95 bits per heavy atom. The van der Waals surface area contributed by atoms with E-state index in [4.69, 9.17) is 9.47 Å². The lowest BCUT2D eigenvalue weighted by molar-refractivity contribution is 0.288. The molecule has 1 aromatic heterocycles. The molecule has 1 heterocycles. The number of nitrogens with zero attached hydrogens (tertiary/aromatic N) is 3. The summed E-state index contributed by atoms with van der Waals surface area (Å²) in [6, 6.07) is 7.56. The fourth-order valence-electron chi connectivity index (χ4n) is 1.87. The van der Waals surface area contributed by atoms with Gasteiger partial charge < -0.3 is 14.8 Å².